The van der Waals surface area contributed by atoms with Crippen LogP contribution < -0.4 is 4.74 Å². The highest BCUT2D eigenvalue weighted by atomic mass is 35.5. The highest BCUT2D eigenvalue weighted by Gasteiger charge is 2.14. The minimum Gasteiger partial charge on any atom is -0.496 e. The first kappa shape index (κ1) is 11.3. The van der Waals surface area contributed by atoms with Crippen molar-refractivity contribution in [2.45, 2.75) is 5.92 Å². The molecule has 0 fully saturated rings. The Labute approximate surface area is 87.9 Å². The number of hydrogen-bond acceptors (Lipinski definition) is 3. The van der Waals surface area contributed by atoms with Gasteiger partial charge < -0.3 is 14.9 Å². The smallest absolute Gasteiger partial charge is 0.122 e. The lowest BCUT2D eigenvalue weighted by Gasteiger charge is -2.15. The molecule has 0 saturated carbocycles. The van der Waals surface area contributed by atoms with Crippen molar-refractivity contribution in [2.75, 3.05) is 20.3 Å². The zero-order valence-corrected chi connectivity index (χ0v) is 8.66. The van der Waals surface area contributed by atoms with Crippen LogP contribution in [0.1, 0.15) is 11.5 Å². The molecule has 0 heterocycles. The Balaban J connectivity index is 3.08. The molecule has 0 aliphatic heterocycles. The average Bonchev–Trinajstić information content (AvgIpc) is 2.20. The van der Waals surface area contributed by atoms with Crippen LogP contribution in [0.3, 0.4) is 0 Å². The fourth-order valence-corrected chi connectivity index (χ4v) is 1.46. The van der Waals surface area contributed by atoms with Crippen molar-refractivity contribution < 1.29 is 14.9 Å². The first-order valence-corrected chi connectivity index (χ1v) is 4.65. The molecule has 4 heteroatoms. The quantitative estimate of drug-likeness (QED) is 0.801. The van der Waals surface area contributed by atoms with Crippen molar-refractivity contribution >= 4 is 11.6 Å². The van der Waals surface area contributed by atoms with Crippen molar-refractivity contribution in [1.29, 1.82) is 0 Å². The second-order valence-corrected chi connectivity index (χ2v) is 3.38. The van der Waals surface area contributed by atoms with Gasteiger partial charge in [-0.05, 0) is 18.2 Å². The van der Waals surface area contributed by atoms with Crippen LogP contribution in [0, 0.1) is 0 Å². The minimum absolute atomic E-state index is 0.132. The topological polar surface area (TPSA) is 49.7 Å². The molecule has 14 heavy (non-hydrogen) atoms. The van der Waals surface area contributed by atoms with E-state index in [4.69, 9.17) is 26.6 Å². The average molecular weight is 217 g/mol. The third-order valence-corrected chi connectivity index (χ3v) is 2.31. The van der Waals surface area contributed by atoms with Crippen LogP contribution in [0.2, 0.25) is 5.02 Å². The Hall–Kier alpha value is -0.770. The molecule has 1 aromatic carbocycles. The molecule has 0 amide bonds. The summed E-state index contributed by atoms with van der Waals surface area (Å²) >= 11 is 5.81. The fourth-order valence-electron chi connectivity index (χ4n) is 1.28. The van der Waals surface area contributed by atoms with Crippen LogP contribution in [0.4, 0.5) is 0 Å². The van der Waals surface area contributed by atoms with E-state index >= 15 is 0 Å². The van der Waals surface area contributed by atoms with Crippen LogP contribution in [0.25, 0.3) is 0 Å². The Kier molecular flexibility index (Phi) is 4.20. The summed E-state index contributed by atoms with van der Waals surface area (Å²) in [6.45, 7) is -0.263. The second-order valence-electron chi connectivity index (χ2n) is 2.95. The van der Waals surface area contributed by atoms with Gasteiger partial charge in [-0.3, -0.25) is 0 Å². The van der Waals surface area contributed by atoms with Gasteiger partial charge in [0.25, 0.3) is 0 Å². The standard InChI is InChI=1S/C10H13ClO3/c1-14-10-3-2-8(11)4-9(10)7(5-12)6-13/h2-4,7,12-13H,5-6H2,1H3. The molecule has 0 unspecified atom stereocenters. The van der Waals surface area contributed by atoms with Crippen LogP contribution in [0.15, 0.2) is 18.2 Å². The normalized spacial score (nSPS) is 10.6. The summed E-state index contributed by atoms with van der Waals surface area (Å²) in [6, 6.07) is 5.11. The summed E-state index contributed by atoms with van der Waals surface area (Å²) < 4.78 is 5.10. The Bertz CT molecular complexity index is 297. The Morgan fingerprint density at radius 3 is 2.50 bits per heavy atom. The molecule has 1 aromatic rings. The highest BCUT2D eigenvalue weighted by molar-refractivity contribution is 6.30. The zero-order chi connectivity index (χ0) is 10.6. The maximum atomic E-state index is 9.03. The molecule has 0 radical (unpaired) electrons. The molecule has 78 valence electrons. The molecule has 0 aliphatic carbocycles. The number of aliphatic hydroxyl groups is 2. The predicted octanol–water partition coefficient (Wildman–Crippen LogP) is 1.42. The molecule has 3 nitrogen and oxygen atoms in total. The van der Waals surface area contributed by atoms with Crippen molar-refractivity contribution in [1.82, 2.24) is 0 Å². The van der Waals surface area contributed by atoms with Crippen molar-refractivity contribution in [2.24, 2.45) is 0 Å². The zero-order valence-electron chi connectivity index (χ0n) is 7.90. The fraction of sp³-hybridized carbons (Fsp3) is 0.400. The molecule has 2 N–H and O–H groups in total. The lowest BCUT2D eigenvalue weighted by Crippen LogP contribution is -2.10. The first-order chi connectivity index (χ1) is 6.72. The number of halogens is 1. The predicted molar refractivity (Wildman–Crippen MR) is 54.9 cm³/mol. The summed E-state index contributed by atoms with van der Waals surface area (Å²) in [6.07, 6.45) is 0. The lowest BCUT2D eigenvalue weighted by molar-refractivity contribution is 0.190. The van der Waals surface area contributed by atoms with E-state index in [0.29, 0.717) is 10.8 Å². The summed E-state index contributed by atoms with van der Waals surface area (Å²) in [5, 5.41) is 18.6. The van der Waals surface area contributed by atoms with Crippen molar-refractivity contribution in [3.63, 3.8) is 0 Å². The van der Waals surface area contributed by atoms with Gasteiger partial charge in [0.05, 0.1) is 20.3 Å². The molecule has 1 rings (SSSR count). The van der Waals surface area contributed by atoms with E-state index in [1.807, 2.05) is 0 Å². The number of aliphatic hydroxyl groups excluding tert-OH is 2. The van der Waals surface area contributed by atoms with E-state index in [-0.39, 0.29) is 19.1 Å². The van der Waals surface area contributed by atoms with Crippen LogP contribution in [0.5, 0.6) is 5.75 Å². The van der Waals surface area contributed by atoms with Crippen LogP contribution >= 0.6 is 11.6 Å². The van der Waals surface area contributed by atoms with Crippen molar-refractivity contribution in [3.8, 4) is 5.75 Å². The third-order valence-electron chi connectivity index (χ3n) is 2.07. The van der Waals surface area contributed by atoms with Gasteiger partial charge in [0.2, 0.25) is 0 Å². The number of methoxy groups -OCH3 is 1. The van der Waals surface area contributed by atoms with Gasteiger partial charge in [0.15, 0.2) is 0 Å². The number of ether oxygens (including phenoxy) is 1. The van der Waals surface area contributed by atoms with E-state index in [1.165, 1.54) is 0 Å². The van der Waals surface area contributed by atoms with Gasteiger partial charge in [-0.25, -0.2) is 0 Å². The van der Waals surface area contributed by atoms with E-state index in [2.05, 4.69) is 0 Å². The first-order valence-electron chi connectivity index (χ1n) is 4.28. The lowest BCUT2D eigenvalue weighted by atomic mass is 10.00. The second kappa shape index (κ2) is 5.20. The summed E-state index contributed by atoms with van der Waals surface area (Å²) in [5.41, 5.74) is 0.727. The highest BCUT2D eigenvalue weighted by Crippen LogP contribution is 2.29. The van der Waals surface area contributed by atoms with Crippen LogP contribution in [-0.2, 0) is 0 Å². The largest absolute Gasteiger partial charge is 0.496 e. The molecule has 0 saturated heterocycles. The van der Waals surface area contributed by atoms with Gasteiger partial charge in [-0.15, -0.1) is 0 Å². The van der Waals surface area contributed by atoms with Crippen molar-refractivity contribution in [3.05, 3.63) is 28.8 Å². The number of rotatable bonds is 4. The Morgan fingerprint density at radius 2 is 2.00 bits per heavy atom. The summed E-state index contributed by atoms with van der Waals surface area (Å²) in [7, 11) is 1.54. The Morgan fingerprint density at radius 1 is 1.36 bits per heavy atom. The molecule has 0 aromatic heterocycles. The summed E-state index contributed by atoms with van der Waals surface area (Å²) in [5.74, 6) is 0.283. The maximum absolute atomic E-state index is 9.03. The molecule has 0 spiro atoms. The third kappa shape index (κ3) is 2.38. The van der Waals surface area contributed by atoms with Gasteiger partial charge in [-0.1, -0.05) is 11.6 Å². The maximum Gasteiger partial charge on any atom is 0.122 e. The molecular weight excluding hydrogens is 204 g/mol. The SMILES string of the molecule is COc1ccc(Cl)cc1C(CO)CO. The van der Waals surface area contributed by atoms with E-state index in [1.54, 1.807) is 25.3 Å². The molecule has 0 bridgehead atoms. The summed E-state index contributed by atoms with van der Waals surface area (Å²) in [4.78, 5) is 0. The number of hydrogen-bond donors (Lipinski definition) is 2. The van der Waals surface area contributed by atoms with Gasteiger partial charge in [-0.2, -0.15) is 0 Å². The monoisotopic (exact) mass is 216 g/mol. The van der Waals surface area contributed by atoms with E-state index in [9.17, 15) is 0 Å². The van der Waals surface area contributed by atoms with Crippen LogP contribution in [-0.4, -0.2) is 30.5 Å². The molecular formula is C10H13ClO3. The molecule has 0 aliphatic rings. The van der Waals surface area contributed by atoms with Gasteiger partial charge >= 0.3 is 0 Å². The van der Waals surface area contributed by atoms with E-state index in [0.717, 1.165) is 5.56 Å². The molecule has 0 atom stereocenters. The van der Waals surface area contributed by atoms with E-state index < -0.39 is 0 Å². The minimum atomic E-state index is -0.344. The van der Waals surface area contributed by atoms with Gasteiger partial charge in [0, 0.05) is 16.5 Å². The van der Waals surface area contributed by atoms with Gasteiger partial charge in [0.1, 0.15) is 5.75 Å². The number of benzene rings is 1.